The Balaban J connectivity index is 2.01. The molecule has 0 spiro atoms. The minimum absolute atomic E-state index is 0.00277. The zero-order chi connectivity index (χ0) is 18.0. The van der Waals surface area contributed by atoms with Gasteiger partial charge in [-0.3, -0.25) is 15.2 Å². The number of nitrogens with one attached hydrogen (secondary N) is 2. The van der Waals surface area contributed by atoms with Gasteiger partial charge in [-0.25, -0.2) is 12.7 Å². The van der Waals surface area contributed by atoms with Gasteiger partial charge in [-0.15, -0.1) is 5.10 Å². The maximum atomic E-state index is 12.4. The van der Waals surface area contributed by atoms with Crippen LogP contribution in [-0.4, -0.2) is 52.7 Å². The van der Waals surface area contributed by atoms with Gasteiger partial charge in [0.2, 0.25) is 27.7 Å². The molecule has 2 heterocycles. The van der Waals surface area contributed by atoms with Gasteiger partial charge in [-0.1, -0.05) is 6.92 Å². The molecule has 1 amide bonds. The maximum Gasteiger partial charge on any atom is 0.451 e. The van der Waals surface area contributed by atoms with Crippen LogP contribution in [0.15, 0.2) is 0 Å². The van der Waals surface area contributed by atoms with E-state index in [2.05, 4.69) is 15.4 Å². The number of rotatable bonds is 5. The Morgan fingerprint density at radius 2 is 2.17 bits per heavy atom. The molecule has 1 atom stereocenters. The van der Waals surface area contributed by atoms with Gasteiger partial charge in [0.05, 0.1) is 11.7 Å². The molecule has 1 fully saturated rings. The molecule has 1 aromatic heterocycles. The van der Waals surface area contributed by atoms with E-state index in [1.165, 1.54) is 4.31 Å². The van der Waals surface area contributed by atoms with Crippen LogP contribution in [0.25, 0.3) is 0 Å². The van der Waals surface area contributed by atoms with Gasteiger partial charge in [0, 0.05) is 13.1 Å². The number of hydrogen-bond acceptors (Lipinski definition) is 5. The van der Waals surface area contributed by atoms with Crippen molar-refractivity contribution in [3.05, 3.63) is 5.82 Å². The first-order valence-corrected chi connectivity index (χ1v) is 9.02. The quantitative estimate of drug-likeness (QED) is 0.811. The third-order valence-corrected chi connectivity index (χ3v) is 5.64. The number of anilines is 1. The number of hydrogen-bond donors (Lipinski definition) is 2. The van der Waals surface area contributed by atoms with E-state index in [-0.39, 0.29) is 12.3 Å². The fourth-order valence-electron chi connectivity index (χ4n) is 2.45. The highest BCUT2D eigenvalue weighted by atomic mass is 32.2. The Kier molecular flexibility index (Phi) is 5.48. The molecule has 12 heteroatoms. The molecule has 1 aliphatic rings. The zero-order valence-corrected chi connectivity index (χ0v) is 13.7. The summed E-state index contributed by atoms with van der Waals surface area (Å²) in [7, 11) is -3.42. The number of piperidine rings is 1. The van der Waals surface area contributed by atoms with Crippen LogP contribution in [0.3, 0.4) is 0 Å². The number of aromatic amines is 1. The maximum absolute atomic E-state index is 12.4. The Morgan fingerprint density at radius 3 is 2.75 bits per heavy atom. The van der Waals surface area contributed by atoms with Crippen molar-refractivity contribution < 1.29 is 26.4 Å². The summed E-state index contributed by atoms with van der Waals surface area (Å²) < 4.78 is 62.7. The number of carbonyl (C=O) groups excluding carboxylic acids is 1. The highest BCUT2D eigenvalue weighted by molar-refractivity contribution is 7.89. The lowest BCUT2D eigenvalue weighted by atomic mass is 9.99. The first-order chi connectivity index (χ1) is 11.1. The van der Waals surface area contributed by atoms with Crippen LogP contribution < -0.4 is 5.32 Å². The Morgan fingerprint density at radius 1 is 1.46 bits per heavy atom. The number of halogens is 3. The molecule has 0 aliphatic carbocycles. The smallest absolute Gasteiger partial charge is 0.293 e. The Bertz CT molecular complexity index is 688. The molecule has 0 saturated carbocycles. The second kappa shape index (κ2) is 7.05. The molecule has 2 N–H and O–H groups in total. The average molecular weight is 369 g/mol. The van der Waals surface area contributed by atoms with Gasteiger partial charge in [-0.05, 0) is 19.3 Å². The van der Waals surface area contributed by atoms with E-state index in [1.54, 1.807) is 12.0 Å². The van der Waals surface area contributed by atoms with Crippen molar-refractivity contribution in [2.24, 2.45) is 5.92 Å². The van der Waals surface area contributed by atoms with Gasteiger partial charge in [-0.2, -0.15) is 18.2 Å². The highest BCUT2D eigenvalue weighted by Gasteiger charge is 2.36. The lowest BCUT2D eigenvalue weighted by molar-refractivity contribution is -0.144. The minimum Gasteiger partial charge on any atom is -0.293 e. The van der Waals surface area contributed by atoms with E-state index in [9.17, 15) is 26.4 Å². The third-order valence-electron chi connectivity index (χ3n) is 3.60. The molecule has 24 heavy (non-hydrogen) atoms. The second-order valence-corrected chi connectivity index (χ2v) is 7.60. The normalized spacial score (nSPS) is 20.1. The predicted octanol–water partition coefficient (Wildman–Crippen LogP) is 1.21. The molecule has 0 aromatic carbocycles. The number of H-pyrrole nitrogens is 1. The van der Waals surface area contributed by atoms with Crippen molar-refractivity contribution in [1.29, 1.82) is 0 Å². The number of amides is 1. The third kappa shape index (κ3) is 4.44. The fraction of sp³-hybridized carbons (Fsp3) is 0.750. The van der Waals surface area contributed by atoms with Crippen LogP contribution in [0, 0.1) is 5.92 Å². The summed E-state index contributed by atoms with van der Waals surface area (Å²) in [5.74, 6) is -3.05. The predicted molar refractivity (Wildman–Crippen MR) is 78.4 cm³/mol. The van der Waals surface area contributed by atoms with Crippen LogP contribution in [0.1, 0.15) is 32.0 Å². The van der Waals surface area contributed by atoms with Crippen molar-refractivity contribution in [2.75, 3.05) is 24.2 Å². The van der Waals surface area contributed by atoms with Crippen LogP contribution >= 0.6 is 0 Å². The van der Waals surface area contributed by atoms with Gasteiger partial charge >= 0.3 is 6.18 Å². The highest BCUT2D eigenvalue weighted by Crippen LogP contribution is 2.26. The van der Waals surface area contributed by atoms with Crippen molar-refractivity contribution in [1.82, 2.24) is 19.5 Å². The van der Waals surface area contributed by atoms with Gasteiger partial charge in [0.1, 0.15) is 0 Å². The molecular formula is C12H18F3N5O3S. The van der Waals surface area contributed by atoms with E-state index >= 15 is 0 Å². The van der Waals surface area contributed by atoms with Crippen molar-refractivity contribution in [3.8, 4) is 0 Å². The standard InChI is InChI=1S/C12H18F3N5O3S/c1-2-6-24(22,23)20-5-3-4-8(7-20)9(21)16-11-17-10(18-19-11)12(13,14)15/h8H,2-7H2,1H3,(H2,16,17,18,19,21). The summed E-state index contributed by atoms with van der Waals surface area (Å²) in [5.41, 5.74) is 0. The van der Waals surface area contributed by atoms with E-state index < -0.39 is 39.8 Å². The summed E-state index contributed by atoms with van der Waals surface area (Å²) in [5, 5.41) is 7.19. The first-order valence-electron chi connectivity index (χ1n) is 7.41. The molecule has 0 radical (unpaired) electrons. The van der Waals surface area contributed by atoms with Crippen molar-refractivity contribution >= 4 is 21.9 Å². The van der Waals surface area contributed by atoms with Crippen LogP contribution in [0.2, 0.25) is 0 Å². The molecular weight excluding hydrogens is 351 g/mol. The summed E-state index contributed by atoms with van der Waals surface area (Å²) in [6, 6.07) is 0. The number of aromatic nitrogens is 3. The summed E-state index contributed by atoms with van der Waals surface area (Å²) in [6.07, 6.45) is -3.28. The summed E-state index contributed by atoms with van der Waals surface area (Å²) in [6.45, 7) is 2.09. The summed E-state index contributed by atoms with van der Waals surface area (Å²) in [4.78, 5) is 15.3. The first kappa shape index (κ1) is 18.6. The molecule has 0 bridgehead atoms. The van der Waals surface area contributed by atoms with E-state index in [1.807, 2.05) is 0 Å². The number of alkyl halides is 3. The molecule has 1 unspecified atom stereocenters. The number of nitrogens with zero attached hydrogens (tertiary/aromatic N) is 3. The molecule has 136 valence electrons. The minimum atomic E-state index is -4.69. The van der Waals surface area contributed by atoms with Crippen LogP contribution in [-0.2, 0) is 21.0 Å². The summed E-state index contributed by atoms with van der Waals surface area (Å²) >= 11 is 0. The monoisotopic (exact) mass is 369 g/mol. The molecule has 2 rings (SSSR count). The average Bonchev–Trinajstić information content (AvgIpc) is 2.96. The zero-order valence-electron chi connectivity index (χ0n) is 12.9. The second-order valence-electron chi connectivity index (χ2n) is 5.51. The lowest BCUT2D eigenvalue weighted by Crippen LogP contribution is -2.44. The molecule has 8 nitrogen and oxygen atoms in total. The Hall–Kier alpha value is -1.69. The van der Waals surface area contributed by atoms with Crippen LogP contribution in [0.4, 0.5) is 19.1 Å². The molecule has 1 aromatic rings. The van der Waals surface area contributed by atoms with E-state index in [0.29, 0.717) is 25.8 Å². The topological polar surface area (TPSA) is 108 Å². The molecule has 1 aliphatic heterocycles. The Labute approximate surface area is 136 Å². The van der Waals surface area contributed by atoms with E-state index in [4.69, 9.17) is 0 Å². The molecule has 1 saturated heterocycles. The fourth-order valence-corrected chi connectivity index (χ4v) is 4.04. The van der Waals surface area contributed by atoms with Crippen LogP contribution in [0.5, 0.6) is 0 Å². The van der Waals surface area contributed by atoms with Gasteiger partial charge < -0.3 is 0 Å². The van der Waals surface area contributed by atoms with Gasteiger partial charge in [0.15, 0.2) is 0 Å². The van der Waals surface area contributed by atoms with Gasteiger partial charge in [0.25, 0.3) is 0 Å². The SMILES string of the molecule is CCCS(=O)(=O)N1CCCC(C(=O)Nc2n[nH]c(C(F)(F)F)n2)C1. The number of carbonyl (C=O) groups is 1. The number of sulfonamides is 1. The van der Waals surface area contributed by atoms with Crippen molar-refractivity contribution in [3.63, 3.8) is 0 Å². The largest absolute Gasteiger partial charge is 0.451 e. The van der Waals surface area contributed by atoms with Crippen molar-refractivity contribution in [2.45, 2.75) is 32.4 Å². The lowest BCUT2D eigenvalue weighted by Gasteiger charge is -2.30. The van der Waals surface area contributed by atoms with E-state index in [0.717, 1.165) is 0 Å².